The minimum atomic E-state index is -0.153. The lowest BCUT2D eigenvalue weighted by Crippen LogP contribution is -1.96. The second-order valence-electron chi connectivity index (χ2n) is 2.46. The number of carbonyl (C=O) groups excluding carboxylic acids is 2. The quantitative estimate of drug-likeness (QED) is 0.548. The van der Waals surface area contributed by atoms with Crippen molar-refractivity contribution in [2.75, 3.05) is 0 Å². The molecular formula is C9H9NO2S. The third kappa shape index (κ3) is 2.32. The minimum Gasteiger partial charge on any atom is -0.293 e. The lowest BCUT2D eigenvalue weighted by molar-refractivity contribution is 0.101. The molecule has 4 heteroatoms. The van der Waals surface area contributed by atoms with E-state index >= 15 is 0 Å². The van der Waals surface area contributed by atoms with Crippen LogP contribution in [-0.2, 0) is 0 Å². The maximum Gasteiger partial charge on any atom is 0.214 e. The van der Waals surface area contributed by atoms with Gasteiger partial charge in [0.2, 0.25) is 5.78 Å². The summed E-state index contributed by atoms with van der Waals surface area (Å²) in [5.41, 5.74) is 0.359. The Balaban J connectivity index is 2.92. The number of thiazole rings is 1. The van der Waals surface area contributed by atoms with E-state index in [-0.39, 0.29) is 11.6 Å². The predicted molar refractivity (Wildman–Crippen MR) is 51.3 cm³/mol. The molecule has 13 heavy (non-hydrogen) atoms. The summed E-state index contributed by atoms with van der Waals surface area (Å²) in [6.07, 6.45) is 3.08. The molecule has 0 radical (unpaired) electrons. The Labute approximate surface area is 80.1 Å². The van der Waals surface area contributed by atoms with Crippen LogP contribution in [0.4, 0.5) is 0 Å². The molecule has 1 rings (SSSR count). The van der Waals surface area contributed by atoms with Gasteiger partial charge in [-0.05, 0) is 13.0 Å². The topological polar surface area (TPSA) is 47.0 Å². The molecule has 0 unspecified atom stereocenters. The van der Waals surface area contributed by atoms with Gasteiger partial charge >= 0.3 is 0 Å². The molecule has 0 aliphatic heterocycles. The highest BCUT2D eigenvalue weighted by atomic mass is 32.1. The first kappa shape index (κ1) is 9.80. The highest BCUT2D eigenvalue weighted by Gasteiger charge is 2.09. The summed E-state index contributed by atoms with van der Waals surface area (Å²) >= 11 is 1.19. The van der Waals surface area contributed by atoms with Gasteiger partial charge in [-0.25, -0.2) is 4.98 Å². The van der Waals surface area contributed by atoms with Crippen LogP contribution in [0.25, 0.3) is 0 Å². The van der Waals surface area contributed by atoms with Crippen molar-refractivity contribution in [3.63, 3.8) is 0 Å². The van der Waals surface area contributed by atoms with Gasteiger partial charge in [-0.3, -0.25) is 9.59 Å². The monoisotopic (exact) mass is 195 g/mol. The number of Topliss-reactive ketones (excluding diaryl/α,β-unsaturated/α-hetero) is 1. The van der Waals surface area contributed by atoms with Gasteiger partial charge in [0, 0.05) is 12.3 Å². The average Bonchev–Trinajstić information content (AvgIpc) is 2.52. The first-order chi connectivity index (χ1) is 6.15. The number of rotatable bonds is 3. The second-order valence-corrected chi connectivity index (χ2v) is 3.32. The van der Waals surface area contributed by atoms with Crippen LogP contribution in [-0.4, -0.2) is 16.6 Å². The smallest absolute Gasteiger partial charge is 0.214 e. The summed E-state index contributed by atoms with van der Waals surface area (Å²) < 4.78 is 0. The fourth-order valence-electron chi connectivity index (χ4n) is 0.771. The van der Waals surface area contributed by atoms with Crippen LogP contribution in [0, 0.1) is 0 Å². The summed E-state index contributed by atoms with van der Waals surface area (Å²) in [6, 6.07) is 0. The molecule has 0 atom stereocenters. The van der Waals surface area contributed by atoms with Crippen molar-refractivity contribution in [2.24, 2.45) is 0 Å². The van der Waals surface area contributed by atoms with E-state index < -0.39 is 0 Å². The van der Waals surface area contributed by atoms with E-state index in [0.29, 0.717) is 10.7 Å². The van der Waals surface area contributed by atoms with Crippen LogP contribution >= 0.6 is 11.3 Å². The number of carbonyl (C=O) groups is 2. The largest absolute Gasteiger partial charge is 0.293 e. The van der Waals surface area contributed by atoms with E-state index in [1.807, 2.05) is 0 Å². The van der Waals surface area contributed by atoms with Gasteiger partial charge in [-0.15, -0.1) is 11.3 Å². The molecule has 1 heterocycles. The van der Waals surface area contributed by atoms with Crippen LogP contribution in [0.2, 0.25) is 0 Å². The zero-order valence-corrected chi connectivity index (χ0v) is 8.22. The molecule has 0 bridgehead atoms. The number of ketones is 2. The number of nitrogens with zero attached hydrogens (tertiary/aromatic N) is 1. The Hall–Kier alpha value is -1.29. The van der Waals surface area contributed by atoms with Crippen LogP contribution in [0.5, 0.6) is 0 Å². The Bertz CT molecular complexity index is 365. The number of hydrogen-bond donors (Lipinski definition) is 0. The number of aromatic nitrogens is 1. The third-order valence-corrected chi connectivity index (χ3v) is 2.25. The summed E-state index contributed by atoms with van der Waals surface area (Å²) in [4.78, 5) is 26.0. The lowest BCUT2D eigenvalue weighted by Gasteiger charge is -1.85. The van der Waals surface area contributed by atoms with Crippen LogP contribution in [0.1, 0.15) is 34.1 Å². The molecule has 0 saturated heterocycles. The summed E-state index contributed by atoms with van der Waals surface area (Å²) in [7, 11) is 0. The van der Waals surface area contributed by atoms with E-state index in [4.69, 9.17) is 0 Å². The number of allylic oxidation sites excluding steroid dienone is 2. The van der Waals surface area contributed by atoms with Gasteiger partial charge in [-0.2, -0.15) is 0 Å². The van der Waals surface area contributed by atoms with Crippen molar-refractivity contribution in [1.82, 2.24) is 4.98 Å². The first-order valence-electron chi connectivity index (χ1n) is 3.78. The van der Waals surface area contributed by atoms with Crippen LogP contribution in [0.3, 0.4) is 0 Å². The zero-order chi connectivity index (χ0) is 9.84. The molecule has 1 aromatic rings. The van der Waals surface area contributed by atoms with Gasteiger partial charge in [0.05, 0.1) is 0 Å². The van der Waals surface area contributed by atoms with Crippen molar-refractivity contribution in [2.45, 2.75) is 13.8 Å². The van der Waals surface area contributed by atoms with Crippen molar-refractivity contribution >= 4 is 22.9 Å². The van der Waals surface area contributed by atoms with Crippen molar-refractivity contribution in [3.05, 3.63) is 28.2 Å². The molecule has 0 aliphatic rings. The second kappa shape index (κ2) is 4.09. The molecule has 0 spiro atoms. The van der Waals surface area contributed by atoms with Crippen LogP contribution < -0.4 is 0 Å². The molecule has 0 fully saturated rings. The van der Waals surface area contributed by atoms with Gasteiger partial charge in [-0.1, -0.05) is 6.08 Å². The van der Waals surface area contributed by atoms with E-state index in [9.17, 15) is 9.59 Å². The van der Waals surface area contributed by atoms with E-state index in [2.05, 4.69) is 4.98 Å². The summed E-state index contributed by atoms with van der Waals surface area (Å²) in [5, 5.41) is 1.96. The van der Waals surface area contributed by atoms with E-state index in [0.717, 1.165) is 0 Å². The molecule has 68 valence electrons. The van der Waals surface area contributed by atoms with Gasteiger partial charge in [0.15, 0.2) is 10.8 Å². The lowest BCUT2D eigenvalue weighted by atomic mass is 10.3. The standard InChI is InChI=1S/C9H9NO2S/c1-3-4-8(12)9-10-7(5-13-9)6(2)11/h3-5H,1-2H3/b4-3+. The zero-order valence-electron chi connectivity index (χ0n) is 7.40. The molecule has 1 aromatic heterocycles. The maximum absolute atomic E-state index is 11.2. The highest BCUT2D eigenvalue weighted by molar-refractivity contribution is 7.12. The minimum absolute atomic E-state index is 0.115. The molecule has 0 saturated carbocycles. The van der Waals surface area contributed by atoms with Gasteiger partial charge < -0.3 is 0 Å². The Morgan fingerprint density at radius 2 is 2.23 bits per heavy atom. The summed E-state index contributed by atoms with van der Waals surface area (Å²) in [5.74, 6) is -0.268. The summed E-state index contributed by atoms with van der Waals surface area (Å²) in [6.45, 7) is 3.19. The van der Waals surface area contributed by atoms with Crippen molar-refractivity contribution in [1.29, 1.82) is 0 Å². The Morgan fingerprint density at radius 1 is 1.54 bits per heavy atom. The Morgan fingerprint density at radius 3 is 2.69 bits per heavy atom. The molecule has 0 N–H and O–H groups in total. The molecule has 0 aliphatic carbocycles. The SMILES string of the molecule is C/C=C/C(=O)c1nc(C(C)=O)cs1. The van der Waals surface area contributed by atoms with Gasteiger partial charge in [0.1, 0.15) is 5.69 Å². The van der Waals surface area contributed by atoms with Crippen LogP contribution in [0.15, 0.2) is 17.5 Å². The normalized spacial score (nSPS) is 10.6. The van der Waals surface area contributed by atoms with Crippen molar-refractivity contribution in [3.8, 4) is 0 Å². The average molecular weight is 195 g/mol. The Kier molecular flexibility index (Phi) is 3.08. The van der Waals surface area contributed by atoms with Crippen molar-refractivity contribution < 1.29 is 9.59 Å². The fourth-order valence-corrected chi connectivity index (χ4v) is 1.55. The maximum atomic E-state index is 11.2. The number of hydrogen-bond acceptors (Lipinski definition) is 4. The van der Waals surface area contributed by atoms with E-state index in [1.54, 1.807) is 18.4 Å². The third-order valence-electron chi connectivity index (χ3n) is 1.39. The van der Waals surface area contributed by atoms with E-state index in [1.165, 1.54) is 24.3 Å². The fraction of sp³-hybridized carbons (Fsp3) is 0.222. The predicted octanol–water partition coefficient (Wildman–Crippen LogP) is 2.10. The highest BCUT2D eigenvalue weighted by Crippen LogP contribution is 2.11. The van der Waals surface area contributed by atoms with Gasteiger partial charge in [0.25, 0.3) is 0 Å². The molecule has 0 amide bonds. The molecule has 3 nitrogen and oxygen atoms in total. The molecule has 0 aromatic carbocycles. The molecular weight excluding hydrogens is 186 g/mol. The first-order valence-corrected chi connectivity index (χ1v) is 4.66.